The number of hydrogen-bond donors (Lipinski definition) is 4. The van der Waals surface area contributed by atoms with Crippen molar-refractivity contribution in [2.75, 3.05) is 18.4 Å². The molecule has 2 aliphatic rings. The maximum absolute atomic E-state index is 12.5. The van der Waals surface area contributed by atoms with Gasteiger partial charge in [-0.1, -0.05) is 0 Å². The number of aliphatic hydroxyl groups is 1. The molecule has 2 heterocycles. The van der Waals surface area contributed by atoms with Crippen LogP contribution in [-0.2, 0) is 15.8 Å². The van der Waals surface area contributed by atoms with Crippen molar-refractivity contribution in [2.24, 2.45) is 5.92 Å². The molecule has 0 aromatic heterocycles. The van der Waals surface area contributed by atoms with Crippen LogP contribution in [0, 0.1) is 5.92 Å². The number of halogens is 3. The van der Waals surface area contributed by atoms with Crippen LogP contribution in [0.4, 0.5) is 18.9 Å². The highest BCUT2D eigenvalue weighted by Gasteiger charge is 2.41. The monoisotopic (exact) mass is 341 g/mol. The lowest BCUT2D eigenvalue weighted by molar-refractivity contribution is -0.137. The predicted octanol–water partition coefficient (Wildman–Crippen LogP) is 1.17. The van der Waals surface area contributed by atoms with Crippen LogP contribution in [0.3, 0.4) is 0 Å². The zero-order valence-electron chi connectivity index (χ0n) is 12.3. The number of carbonyl (C=O) groups excluding carboxylic acids is 2. The van der Waals surface area contributed by atoms with Crippen LogP contribution in [0.25, 0.3) is 0 Å². The number of carbonyl (C=O) groups is 2. The molecule has 9 heteroatoms. The molecule has 2 amide bonds. The van der Waals surface area contributed by atoms with E-state index in [0.29, 0.717) is 13.1 Å². The van der Waals surface area contributed by atoms with Crippen molar-refractivity contribution in [1.29, 1.82) is 0 Å². The topological polar surface area (TPSA) is 90.5 Å². The molecule has 0 spiro atoms. The van der Waals surface area contributed by atoms with Gasteiger partial charge in [-0.05, 0) is 24.3 Å². The molecule has 0 bridgehead atoms. The number of fused-ring (bicyclic) bond motifs is 1. The number of alkyl halides is 3. The third kappa shape index (κ3) is 2.94. The molecule has 2 atom stereocenters. The summed E-state index contributed by atoms with van der Waals surface area (Å²) >= 11 is 0. The van der Waals surface area contributed by atoms with Gasteiger partial charge in [0, 0.05) is 18.8 Å². The van der Waals surface area contributed by atoms with Gasteiger partial charge < -0.3 is 21.1 Å². The lowest BCUT2D eigenvalue weighted by Gasteiger charge is -2.26. The molecular formula is C15H14F3N3O3. The van der Waals surface area contributed by atoms with Gasteiger partial charge in [0.2, 0.25) is 0 Å². The Morgan fingerprint density at radius 3 is 2.50 bits per heavy atom. The Morgan fingerprint density at radius 2 is 1.88 bits per heavy atom. The molecule has 2 unspecified atom stereocenters. The van der Waals surface area contributed by atoms with Gasteiger partial charge in [-0.2, -0.15) is 13.2 Å². The molecule has 1 aromatic carbocycles. The van der Waals surface area contributed by atoms with E-state index in [4.69, 9.17) is 0 Å². The zero-order valence-corrected chi connectivity index (χ0v) is 12.3. The molecule has 1 aromatic rings. The first-order valence-electron chi connectivity index (χ1n) is 7.20. The van der Waals surface area contributed by atoms with Gasteiger partial charge in [0.1, 0.15) is 11.3 Å². The van der Waals surface area contributed by atoms with E-state index in [1.54, 1.807) is 0 Å². The summed E-state index contributed by atoms with van der Waals surface area (Å²) in [7, 11) is 0. The molecule has 6 nitrogen and oxygen atoms in total. The third-order valence-corrected chi connectivity index (χ3v) is 4.06. The summed E-state index contributed by atoms with van der Waals surface area (Å²) in [5.74, 6) is -2.27. The summed E-state index contributed by atoms with van der Waals surface area (Å²) in [4.78, 5) is 24.2. The number of hydrogen-bond acceptors (Lipinski definition) is 4. The highest BCUT2D eigenvalue weighted by molar-refractivity contribution is 6.23. The van der Waals surface area contributed by atoms with E-state index in [9.17, 15) is 27.9 Å². The molecule has 0 radical (unpaired) electrons. The normalized spacial score (nSPS) is 23.7. The maximum atomic E-state index is 12.5. The van der Waals surface area contributed by atoms with E-state index in [1.807, 2.05) is 0 Å². The first-order valence-corrected chi connectivity index (χ1v) is 7.20. The Bertz CT molecular complexity index is 713. The largest absolute Gasteiger partial charge is 0.511 e. The molecule has 4 N–H and O–H groups in total. The second-order valence-electron chi connectivity index (χ2n) is 5.63. The average molecular weight is 341 g/mol. The van der Waals surface area contributed by atoms with Crippen LogP contribution in [0.1, 0.15) is 5.56 Å². The Kier molecular flexibility index (Phi) is 3.96. The number of aliphatic hydroxyl groups excluding tert-OH is 1. The quantitative estimate of drug-likeness (QED) is 0.608. The summed E-state index contributed by atoms with van der Waals surface area (Å²) in [5, 5.41) is 18.1. The number of anilines is 1. The standard InChI is InChI=1S/C15H14F3N3O3/c16-15(17,18)7-1-3-8(4-2-7)20-13(23)11-12(22)9-5-19-6-10(9)21-14(11)24/h1-4,9-10,19,22H,5-6H2,(H,20,23)(H,21,24). The number of nitrogens with one attached hydrogen (secondary N) is 3. The van der Waals surface area contributed by atoms with E-state index in [0.717, 1.165) is 24.3 Å². The van der Waals surface area contributed by atoms with Crippen LogP contribution < -0.4 is 16.0 Å². The summed E-state index contributed by atoms with van der Waals surface area (Å²) in [6.45, 7) is 0.919. The number of amides is 2. The predicted molar refractivity (Wildman–Crippen MR) is 78.0 cm³/mol. The number of benzene rings is 1. The van der Waals surface area contributed by atoms with E-state index < -0.39 is 35.0 Å². The van der Waals surface area contributed by atoms with Crippen molar-refractivity contribution in [1.82, 2.24) is 10.6 Å². The minimum atomic E-state index is -4.48. The molecular weight excluding hydrogens is 327 g/mol. The summed E-state index contributed by atoms with van der Waals surface area (Å²) in [5.41, 5.74) is -1.18. The van der Waals surface area contributed by atoms with Crippen LogP contribution >= 0.6 is 0 Å². The van der Waals surface area contributed by atoms with Gasteiger partial charge in [-0.3, -0.25) is 9.59 Å². The Labute approximate surface area is 134 Å². The fourth-order valence-corrected chi connectivity index (χ4v) is 2.82. The fraction of sp³-hybridized carbons (Fsp3) is 0.333. The SMILES string of the molecule is O=C(Nc1ccc(C(F)(F)F)cc1)C1=C(O)C2CNCC2NC1=O. The van der Waals surface area contributed by atoms with Crippen LogP contribution in [0.15, 0.2) is 35.6 Å². The van der Waals surface area contributed by atoms with Gasteiger partial charge in [-0.25, -0.2) is 0 Å². The van der Waals surface area contributed by atoms with Crippen LogP contribution in [-0.4, -0.2) is 36.1 Å². The minimum absolute atomic E-state index is 0.0905. The first kappa shape index (κ1) is 16.3. The van der Waals surface area contributed by atoms with Crippen molar-refractivity contribution in [2.45, 2.75) is 12.2 Å². The minimum Gasteiger partial charge on any atom is -0.511 e. The maximum Gasteiger partial charge on any atom is 0.416 e. The Balaban J connectivity index is 1.79. The fourth-order valence-electron chi connectivity index (χ4n) is 2.82. The van der Waals surface area contributed by atoms with E-state index in [2.05, 4.69) is 16.0 Å². The summed E-state index contributed by atoms with van der Waals surface area (Å²) in [6, 6.07) is 3.53. The molecule has 3 rings (SSSR count). The highest BCUT2D eigenvalue weighted by atomic mass is 19.4. The van der Waals surface area contributed by atoms with Crippen molar-refractivity contribution < 1.29 is 27.9 Å². The average Bonchev–Trinajstić information content (AvgIpc) is 2.95. The molecule has 1 saturated heterocycles. The lowest BCUT2D eigenvalue weighted by atomic mass is 9.92. The Hall–Kier alpha value is -2.55. The summed E-state index contributed by atoms with van der Waals surface area (Å²) < 4.78 is 37.5. The van der Waals surface area contributed by atoms with Crippen LogP contribution in [0.2, 0.25) is 0 Å². The highest BCUT2D eigenvalue weighted by Crippen LogP contribution is 2.30. The van der Waals surface area contributed by atoms with Crippen molar-refractivity contribution in [3.8, 4) is 0 Å². The third-order valence-electron chi connectivity index (χ3n) is 4.06. The van der Waals surface area contributed by atoms with Gasteiger partial charge in [0.05, 0.1) is 17.5 Å². The molecule has 24 heavy (non-hydrogen) atoms. The van der Waals surface area contributed by atoms with Crippen molar-refractivity contribution in [3.63, 3.8) is 0 Å². The van der Waals surface area contributed by atoms with Gasteiger partial charge in [0.15, 0.2) is 0 Å². The van der Waals surface area contributed by atoms with Crippen LogP contribution in [0.5, 0.6) is 0 Å². The lowest BCUT2D eigenvalue weighted by Crippen LogP contribution is -2.48. The van der Waals surface area contributed by atoms with Crippen molar-refractivity contribution >= 4 is 17.5 Å². The second-order valence-corrected chi connectivity index (χ2v) is 5.63. The summed E-state index contributed by atoms with van der Waals surface area (Å²) in [6.07, 6.45) is -4.48. The van der Waals surface area contributed by atoms with E-state index >= 15 is 0 Å². The number of rotatable bonds is 2. The van der Waals surface area contributed by atoms with E-state index in [-0.39, 0.29) is 17.5 Å². The van der Waals surface area contributed by atoms with E-state index in [1.165, 1.54) is 0 Å². The molecule has 1 fully saturated rings. The van der Waals surface area contributed by atoms with Crippen molar-refractivity contribution in [3.05, 3.63) is 41.2 Å². The zero-order chi connectivity index (χ0) is 17.5. The Morgan fingerprint density at radius 1 is 1.21 bits per heavy atom. The molecule has 2 aliphatic heterocycles. The molecule has 0 saturated carbocycles. The second kappa shape index (κ2) is 5.82. The smallest absolute Gasteiger partial charge is 0.416 e. The van der Waals surface area contributed by atoms with Gasteiger partial charge >= 0.3 is 6.18 Å². The molecule has 128 valence electrons. The molecule has 0 aliphatic carbocycles. The first-order chi connectivity index (χ1) is 11.3. The van der Waals surface area contributed by atoms with Gasteiger partial charge in [-0.15, -0.1) is 0 Å². The van der Waals surface area contributed by atoms with Gasteiger partial charge in [0.25, 0.3) is 11.8 Å².